The minimum atomic E-state index is -0.823. The lowest BCUT2D eigenvalue weighted by Crippen LogP contribution is -2.15. The van der Waals surface area contributed by atoms with Crippen molar-refractivity contribution in [2.45, 2.75) is 38.9 Å². The van der Waals surface area contributed by atoms with E-state index in [4.69, 9.17) is 28.4 Å². The van der Waals surface area contributed by atoms with Gasteiger partial charge in [-0.3, -0.25) is 9.59 Å². The van der Waals surface area contributed by atoms with Gasteiger partial charge in [-0.1, -0.05) is 0 Å². The van der Waals surface area contributed by atoms with E-state index in [1.165, 1.54) is 54.8 Å². The maximum Gasteiger partial charge on any atom is 0.194 e. The van der Waals surface area contributed by atoms with Crippen molar-refractivity contribution in [2.24, 2.45) is 0 Å². The summed E-state index contributed by atoms with van der Waals surface area (Å²) in [5, 5.41) is 24.9. The highest BCUT2D eigenvalue weighted by Gasteiger charge is 2.33. The highest BCUT2D eigenvalue weighted by atomic mass is 16.5. The van der Waals surface area contributed by atoms with Crippen molar-refractivity contribution in [3.8, 4) is 34.5 Å². The molecule has 222 valence electrons. The standard InChI is InChI=1S/C32H34O10/c1-13(33)9-15-21-22-16(10-14(2)34)30(40-6)32(42-8)24-18(36)12-20(38-4)26(28(22)24)25-19(37-3)11-17(35)23(27(21)25)31(41-7)29(15)39-5/h11-14,33-34H,9-10H2,1-8H3. The molecular formula is C32H34O10. The third-order valence-corrected chi connectivity index (χ3v) is 7.78. The number of rotatable bonds is 10. The first-order valence-electron chi connectivity index (χ1n) is 13.4. The third-order valence-electron chi connectivity index (χ3n) is 7.78. The monoisotopic (exact) mass is 578 g/mol. The molecule has 42 heavy (non-hydrogen) atoms. The number of aliphatic hydroxyl groups is 2. The number of methoxy groups -OCH3 is 6. The normalized spacial score (nSPS) is 13.2. The van der Waals surface area contributed by atoms with Crippen LogP contribution in [0, 0.1) is 0 Å². The van der Waals surface area contributed by atoms with Crippen molar-refractivity contribution in [2.75, 3.05) is 42.7 Å². The SMILES string of the molecule is COc1c(OC)c2c(=O)cc(OC)c3c4c(OC)cc(=O)c5c(OC)c(OC)c(CC(C)O)c(c(c1CC(C)O)c23)c54. The topological polar surface area (TPSA) is 130 Å². The molecule has 0 amide bonds. The molecule has 10 nitrogen and oxygen atoms in total. The van der Waals surface area contributed by atoms with Crippen LogP contribution in [0.2, 0.25) is 0 Å². The van der Waals surface area contributed by atoms with E-state index in [1.54, 1.807) is 13.8 Å². The quantitative estimate of drug-likeness (QED) is 0.186. The predicted octanol–water partition coefficient (Wildman–Crippen LogP) is 3.79. The van der Waals surface area contributed by atoms with Crippen LogP contribution in [0.25, 0.3) is 43.1 Å². The molecule has 5 aromatic carbocycles. The average Bonchev–Trinajstić information content (AvgIpc) is 2.95. The molecule has 10 heteroatoms. The van der Waals surface area contributed by atoms with Gasteiger partial charge in [-0.15, -0.1) is 0 Å². The summed E-state index contributed by atoms with van der Waals surface area (Å²) in [6.07, 6.45) is -1.42. The first-order chi connectivity index (χ1) is 20.1. The van der Waals surface area contributed by atoms with Crippen LogP contribution in [-0.4, -0.2) is 65.1 Å². The molecule has 0 aliphatic carbocycles. The minimum Gasteiger partial charge on any atom is -0.496 e. The third kappa shape index (κ3) is 4.00. The molecule has 0 saturated carbocycles. The number of ether oxygens (including phenoxy) is 6. The van der Waals surface area contributed by atoms with E-state index < -0.39 is 12.2 Å². The summed E-state index contributed by atoms with van der Waals surface area (Å²) < 4.78 is 34.9. The number of fused-ring (bicyclic) bond motifs is 2. The average molecular weight is 579 g/mol. The Morgan fingerprint density at radius 2 is 0.833 bits per heavy atom. The van der Waals surface area contributed by atoms with Crippen LogP contribution in [0.3, 0.4) is 0 Å². The van der Waals surface area contributed by atoms with Crippen LogP contribution in [0.4, 0.5) is 0 Å². The van der Waals surface area contributed by atoms with Gasteiger partial charge in [0.2, 0.25) is 0 Å². The molecule has 0 aliphatic rings. The van der Waals surface area contributed by atoms with E-state index in [-0.39, 0.29) is 69.0 Å². The largest absolute Gasteiger partial charge is 0.496 e. The maximum absolute atomic E-state index is 13.8. The lowest BCUT2D eigenvalue weighted by atomic mass is 9.81. The Hall–Kier alpha value is -4.28. The van der Waals surface area contributed by atoms with Gasteiger partial charge in [-0.05, 0) is 24.6 Å². The molecule has 0 saturated heterocycles. The van der Waals surface area contributed by atoms with E-state index in [0.29, 0.717) is 43.4 Å². The molecule has 0 bridgehead atoms. The van der Waals surface area contributed by atoms with Gasteiger partial charge >= 0.3 is 0 Å². The van der Waals surface area contributed by atoms with Gasteiger partial charge in [0.25, 0.3) is 0 Å². The van der Waals surface area contributed by atoms with Crippen molar-refractivity contribution in [3.05, 3.63) is 43.7 Å². The Kier molecular flexibility index (Phi) is 7.55. The summed E-state index contributed by atoms with van der Waals surface area (Å²) in [5.74, 6) is 1.48. The molecular weight excluding hydrogens is 544 g/mol. The summed E-state index contributed by atoms with van der Waals surface area (Å²) >= 11 is 0. The van der Waals surface area contributed by atoms with E-state index >= 15 is 0 Å². The van der Waals surface area contributed by atoms with Gasteiger partial charge in [0.05, 0.1) is 65.6 Å². The van der Waals surface area contributed by atoms with Gasteiger partial charge < -0.3 is 38.6 Å². The zero-order chi connectivity index (χ0) is 30.6. The van der Waals surface area contributed by atoms with Gasteiger partial charge in [-0.25, -0.2) is 0 Å². The molecule has 2 N–H and O–H groups in total. The number of hydrogen-bond donors (Lipinski definition) is 2. The number of benzene rings is 5. The van der Waals surface area contributed by atoms with Gasteiger partial charge in [-0.2, -0.15) is 0 Å². The molecule has 0 heterocycles. The zero-order valence-corrected chi connectivity index (χ0v) is 24.9. The van der Waals surface area contributed by atoms with Crippen LogP contribution in [0.1, 0.15) is 25.0 Å². The fourth-order valence-electron chi connectivity index (χ4n) is 6.42. The second kappa shape index (κ2) is 10.8. The summed E-state index contributed by atoms with van der Waals surface area (Å²) in [7, 11) is 8.75. The maximum atomic E-state index is 13.8. The number of hydrogen-bond acceptors (Lipinski definition) is 10. The fourth-order valence-corrected chi connectivity index (χ4v) is 6.42. The molecule has 2 unspecified atom stereocenters. The summed E-state index contributed by atoms with van der Waals surface area (Å²) in [4.78, 5) is 27.6. The fraction of sp³-hybridized carbons (Fsp3) is 0.375. The Bertz CT molecular complexity index is 1800. The Balaban J connectivity index is 2.39. The molecule has 0 fully saturated rings. The van der Waals surface area contributed by atoms with Crippen molar-refractivity contribution < 1.29 is 38.6 Å². The number of aliphatic hydroxyl groups excluding tert-OH is 2. The second-order valence-electron chi connectivity index (χ2n) is 10.4. The van der Waals surface area contributed by atoms with E-state index in [2.05, 4.69) is 0 Å². The summed E-state index contributed by atoms with van der Waals surface area (Å²) in [6, 6.07) is 2.74. The molecule has 2 atom stereocenters. The van der Waals surface area contributed by atoms with Crippen molar-refractivity contribution >= 4 is 43.1 Å². The Labute approximate surface area is 241 Å². The van der Waals surface area contributed by atoms with E-state index in [1.807, 2.05) is 0 Å². The molecule has 5 aromatic rings. The molecule has 0 aromatic heterocycles. The highest BCUT2D eigenvalue weighted by Crippen LogP contribution is 2.55. The molecule has 5 rings (SSSR count). The van der Waals surface area contributed by atoms with Gasteiger partial charge in [0, 0.05) is 57.6 Å². The molecule has 0 radical (unpaired) electrons. The van der Waals surface area contributed by atoms with Gasteiger partial charge in [0.15, 0.2) is 33.9 Å². The van der Waals surface area contributed by atoms with Crippen LogP contribution in [0.15, 0.2) is 21.7 Å². The zero-order valence-electron chi connectivity index (χ0n) is 24.9. The van der Waals surface area contributed by atoms with E-state index in [9.17, 15) is 19.8 Å². The summed E-state index contributed by atoms with van der Waals surface area (Å²) in [6.45, 7) is 3.29. The Morgan fingerprint density at radius 3 is 1.10 bits per heavy atom. The first-order valence-corrected chi connectivity index (χ1v) is 13.4. The van der Waals surface area contributed by atoms with Crippen molar-refractivity contribution in [3.63, 3.8) is 0 Å². The molecule has 0 aliphatic heterocycles. The lowest BCUT2D eigenvalue weighted by molar-refractivity contribution is 0.193. The second-order valence-corrected chi connectivity index (χ2v) is 10.4. The van der Waals surface area contributed by atoms with Gasteiger partial charge in [0.1, 0.15) is 11.5 Å². The van der Waals surface area contributed by atoms with Crippen LogP contribution < -0.4 is 39.3 Å². The first kappa shape index (κ1) is 29.2. The minimum absolute atomic E-state index is 0.114. The van der Waals surface area contributed by atoms with Crippen LogP contribution >= 0.6 is 0 Å². The lowest BCUT2D eigenvalue weighted by Gasteiger charge is -2.27. The van der Waals surface area contributed by atoms with Crippen molar-refractivity contribution in [1.29, 1.82) is 0 Å². The summed E-state index contributed by atoms with van der Waals surface area (Å²) in [5.41, 5.74) is 0.351. The van der Waals surface area contributed by atoms with E-state index in [0.717, 1.165) is 0 Å². The van der Waals surface area contributed by atoms with Crippen LogP contribution in [0.5, 0.6) is 34.5 Å². The Morgan fingerprint density at radius 1 is 0.500 bits per heavy atom. The predicted molar refractivity (Wildman–Crippen MR) is 161 cm³/mol. The van der Waals surface area contributed by atoms with Crippen LogP contribution in [-0.2, 0) is 12.8 Å². The smallest absolute Gasteiger partial charge is 0.194 e. The highest BCUT2D eigenvalue weighted by molar-refractivity contribution is 6.38. The molecule has 0 spiro atoms. The van der Waals surface area contributed by atoms with Crippen molar-refractivity contribution in [1.82, 2.24) is 0 Å².